The van der Waals surface area contributed by atoms with E-state index in [1.54, 1.807) is 72.7 Å². The number of nitrogens with zero attached hydrogens (tertiary/aromatic N) is 4. The van der Waals surface area contributed by atoms with Crippen molar-refractivity contribution >= 4 is 45.2 Å². The second-order valence-corrected chi connectivity index (χ2v) is 16.8. The Morgan fingerprint density at radius 1 is 1.08 bits per heavy atom. The molecule has 16 nitrogen and oxygen atoms in total. The topological polar surface area (TPSA) is 200 Å². The van der Waals surface area contributed by atoms with Crippen LogP contribution in [-0.4, -0.2) is 93.8 Å². The van der Waals surface area contributed by atoms with Crippen LogP contribution >= 0.6 is 0 Å². The second kappa shape index (κ2) is 12.7. The van der Waals surface area contributed by atoms with E-state index in [0.717, 1.165) is 0 Å². The number of ether oxygens (including phenoxy) is 1. The van der Waals surface area contributed by atoms with Crippen LogP contribution in [0.1, 0.15) is 87.5 Å². The Kier molecular flexibility index (Phi) is 9.42. The van der Waals surface area contributed by atoms with E-state index in [1.807, 2.05) is 11.6 Å². The van der Waals surface area contributed by atoms with Crippen LogP contribution in [0.15, 0.2) is 24.3 Å². The molecule has 1 aromatic carbocycles. The minimum Gasteiger partial charge on any atom is -0.444 e. The van der Waals surface area contributed by atoms with Gasteiger partial charge in [-0.1, -0.05) is 51.1 Å². The first-order chi connectivity index (χ1) is 22.7. The third-order valence-electron chi connectivity index (χ3n) is 9.03. The number of hydrogen-bond donors (Lipinski definition) is 3. The summed E-state index contributed by atoms with van der Waals surface area (Å²) in [5.41, 5.74) is -2.86. The molecule has 270 valence electrons. The number of carbonyl (C=O) groups excluding carboxylic acids is 4. The molecule has 4 amide bonds. The van der Waals surface area contributed by atoms with Crippen LogP contribution in [-0.2, 0) is 33.6 Å². The number of hydrogen-bond acceptors (Lipinski definition) is 11. The highest BCUT2D eigenvalue weighted by atomic mass is 32.2. The van der Waals surface area contributed by atoms with Crippen molar-refractivity contribution in [3.8, 4) is 0 Å². The zero-order valence-electron chi connectivity index (χ0n) is 29.2. The number of para-hydroxylation sites is 1. The SMILES string of the molecule is CC[C@@H]1C[C@]1(NC(=O)[C@@H]1C[C@@H](On2nnc3ccccc32)CN1C(=O)[C@@H](NC(=O)OC(C)(C)C)C(C)(C)C)C(=O)NS(=O)(=O)OC1(C)CC1. The van der Waals surface area contributed by atoms with Crippen molar-refractivity contribution in [1.82, 2.24) is 35.4 Å². The Bertz CT molecular complexity index is 1730. The number of aromatic nitrogens is 3. The number of carbonyl (C=O) groups is 4. The first-order valence-corrected chi connectivity index (χ1v) is 17.9. The van der Waals surface area contributed by atoms with E-state index in [2.05, 4.69) is 20.9 Å². The molecule has 2 saturated carbocycles. The van der Waals surface area contributed by atoms with Crippen LogP contribution in [0.2, 0.25) is 0 Å². The van der Waals surface area contributed by atoms with Crippen LogP contribution in [0.25, 0.3) is 11.0 Å². The summed E-state index contributed by atoms with van der Waals surface area (Å²) in [7, 11) is -4.44. The van der Waals surface area contributed by atoms with Crippen molar-refractivity contribution in [3.05, 3.63) is 24.3 Å². The molecular formula is C32H47N7O9S. The Labute approximate surface area is 286 Å². The van der Waals surface area contributed by atoms with Crippen molar-refractivity contribution in [2.45, 2.75) is 122 Å². The van der Waals surface area contributed by atoms with Crippen molar-refractivity contribution in [2.75, 3.05) is 6.54 Å². The van der Waals surface area contributed by atoms with Gasteiger partial charge in [0.05, 0.1) is 12.1 Å². The fraction of sp³-hybridized carbons (Fsp3) is 0.688. The van der Waals surface area contributed by atoms with Crippen LogP contribution in [0.4, 0.5) is 4.79 Å². The molecule has 3 aliphatic rings. The van der Waals surface area contributed by atoms with E-state index in [9.17, 15) is 27.6 Å². The third kappa shape index (κ3) is 8.25. The minimum atomic E-state index is -4.44. The average Bonchev–Trinajstić information content (AvgIpc) is 3.76. The standard InChI is InChI=1S/C32H47N7O9S/c1-9-19-17-32(19,27(42)36-49(44,45)48-31(8)14-15-31)34-25(40)23-16-20(47-39-22-13-11-10-12-21(22)35-37-39)18-38(23)26(41)24(29(2,3)4)33-28(43)46-30(5,6)7/h10-13,19-20,23-24H,9,14-18H2,1-8H3,(H,33,43)(H,34,40)(H,36,42)/t19-,20-,23+,24-,32-/m1/s1. The predicted octanol–water partition coefficient (Wildman–Crippen LogP) is 1.98. The summed E-state index contributed by atoms with van der Waals surface area (Å²) in [6, 6.07) is 4.86. The van der Waals surface area contributed by atoms with E-state index in [1.165, 1.54) is 9.75 Å². The lowest BCUT2D eigenvalue weighted by molar-refractivity contribution is -0.143. The molecular weight excluding hydrogens is 658 g/mol. The number of alkyl carbamates (subject to hydrolysis) is 1. The largest absolute Gasteiger partial charge is 0.444 e. The summed E-state index contributed by atoms with van der Waals surface area (Å²) in [6.45, 7) is 13.8. The van der Waals surface area contributed by atoms with Crippen molar-refractivity contribution in [3.63, 3.8) is 0 Å². The van der Waals surface area contributed by atoms with Gasteiger partial charge in [-0.25, -0.2) is 13.7 Å². The number of fused-ring (bicyclic) bond motifs is 1. The quantitative estimate of drug-likeness (QED) is 0.309. The smallest absolute Gasteiger partial charge is 0.408 e. The van der Waals surface area contributed by atoms with E-state index < -0.39 is 74.5 Å². The molecule has 17 heteroatoms. The molecule has 3 fully saturated rings. The minimum absolute atomic E-state index is 0.00329. The van der Waals surface area contributed by atoms with Crippen LogP contribution in [0.5, 0.6) is 0 Å². The maximum absolute atomic E-state index is 14.3. The monoisotopic (exact) mass is 705 g/mol. The van der Waals surface area contributed by atoms with Gasteiger partial charge in [0.1, 0.15) is 40.4 Å². The molecule has 0 unspecified atom stereocenters. The van der Waals surface area contributed by atoms with Crippen LogP contribution < -0.4 is 20.2 Å². The maximum Gasteiger partial charge on any atom is 0.408 e. The molecule has 5 atom stereocenters. The van der Waals surface area contributed by atoms with Gasteiger partial charge in [0.25, 0.3) is 5.91 Å². The lowest BCUT2D eigenvalue weighted by Gasteiger charge is -2.36. The fourth-order valence-corrected chi connectivity index (χ4v) is 7.18. The Morgan fingerprint density at radius 2 is 1.76 bits per heavy atom. The van der Waals surface area contributed by atoms with Gasteiger partial charge in [0.2, 0.25) is 11.8 Å². The molecule has 1 saturated heterocycles. The Balaban J connectivity index is 1.41. The summed E-state index contributed by atoms with van der Waals surface area (Å²) in [4.78, 5) is 63.5. The van der Waals surface area contributed by atoms with Gasteiger partial charge >= 0.3 is 16.4 Å². The van der Waals surface area contributed by atoms with E-state index in [-0.39, 0.29) is 25.3 Å². The van der Waals surface area contributed by atoms with Gasteiger partial charge in [0, 0.05) is 6.42 Å². The van der Waals surface area contributed by atoms with Crippen molar-refractivity contribution < 1.29 is 41.4 Å². The van der Waals surface area contributed by atoms with Gasteiger partial charge in [0.15, 0.2) is 0 Å². The molecule has 2 aromatic rings. The summed E-state index contributed by atoms with van der Waals surface area (Å²) in [6.07, 6.45) is 0.221. The van der Waals surface area contributed by atoms with Crippen molar-refractivity contribution in [2.24, 2.45) is 11.3 Å². The highest BCUT2D eigenvalue weighted by Crippen LogP contribution is 2.47. The summed E-state index contributed by atoms with van der Waals surface area (Å²) in [5, 5.41) is 13.6. The van der Waals surface area contributed by atoms with E-state index >= 15 is 0 Å². The number of nitrogens with one attached hydrogen (secondary N) is 3. The lowest BCUT2D eigenvalue weighted by Crippen LogP contribution is -2.60. The number of benzene rings is 1. The molecule has 1 aromatic heterocycles. The fourth-order valence-electron chi connectivity index (χ4n) is 6.04. The number of likely N-dealkylation sites (tertiary alicyclic amines) is 1. The Hall–Kier alpha value is -3.99. The van der Waals surface area contributed by atoms with Gasteiger partial charge < -0.3 is 25.1 Å². The van der Waals surface area contributed by atoms with Crippen LogP contribution in [0, 0.1) is 11.3 Å². The number of rotatable bonds is 11. The third-order valence-corrected chi connectivity index (χ3v) is 10.1. The van der Waals surface area contributed by atoms with Gasteiger partial charge in [-0.2, -0.15) is 8.42 Å². The van der Waals surface area contributed by atoms with Gasteiger partial charge in [-0.15, -0.1) is 5.10 Å². The second-order valence-electron chi connectivity index (χ2n) is 15.6. The van der Waals surface area contributed by atoms with Gasteiger partial charge in [-0.05, 0) is 75.6 Å². The number of amides is 4. The summed E-state index contributed by atoms with van der Waals surface area (Å²) in [5.74, 6) is -2.50. The predicted molar refractivity (Wildman–Crippen MR) is 176 cm³/mol. The lowest BCUT2D eigenvalue weighted by atomic mass is 9.85. The molecule has 3 N–H and O–H groups in total. The summed E-state index contributed by atoms with van der Waals surface area (Å²) >= 11 is 0. The molecule has 2 aliphatic carbocycles. The normalized spacial score (nSPS) is 25.3. The first-order valence-electron chi connectivity index (χ1n) is 16.5. The van der Waals surface area contributed by atoms with E-state index in [4.69, 9.17) is 13.8 Å². The molecule has 0 spiro atoms. The molecule has 1 aliphatic heterocycles. The highest BCUT2D eigenvalue weighted by molar-refractivity contribution is 7.85. The first kappa shape index (κ1) is 36.3. The van der Waals surface area contributed by atoms with Crippen molar-refractivity contribution in [1.29, 1.82) is 0 Å². The maximum atomic E-state index is 14.3. The van der Waals surface area contributed by atoms with E-state index in [0.29, 0.717) is 30.3 Å². The van der Waals surface area contributed by atoms with Crippen LogP contribution in [0.3, 0.4) is 0 Å². The molecule has 0 bridgehead atoms. The summed E-state index contributed by atoms with van der Waals surface area (Å²) < 4.78 is 38.0. The zero-order valence-corrected chi connectivity index (χ0v) is 30.0. The average molecular weight is 706 g/mol. The molecule has 2 heterocycles. The zero-order chi connectivity index (χ0) is 36.2. The van der Waals surface area contributed by atoms with Gasteiger partial charge in [-0.3, -0.25) is 14.4 Å². The molecule has 5 rings (SSSR count). The Morgan fingerprint density at radius 3 is 2.35 bits per heavy atom. The molecule has 0 radical (unpaired) electrons. The highest BCUT2D eigenvalue weighted by Gasteiger charge is 2.62. The molecule has 49 heavy (non-hydrogen) atoms.